The summed E-state index contributed by atoms with van der Waals surface area (Å²) < 4.78 is 5.11. The monoisotopic (exact) mass is 210 g/mol. The lowest BCUT2D eigenvalue weighted by Gasteiger charge is -2.17. The Kier molecular flexibility index (Phi) is 3.36. The van der Waals surface area contributed by atoms with Crippen LogP contribution in [0.25, 0.3) is 0 Å². The Balaban J connectivity index is 1.99. The first-order chi connectivity index (χ1) is 7.25. The van der Waals surface area contributed by atoms with Gasteiger partial charge in [-0.05, 0) is 19.8 Å². The molecule has 0 saturated heterocycles. The predicted molar refractivity (Wildman–Crippen MR) is 55.5 cm³/mol. The van der Waals surface area contributed by atoms with Crippen LogP contribution < -0.4 is 0 Å². The van der Waals surface area contributed by atoms with Gasteiger partial charge in [0.15, 0.2) is 5.82 Å². The van der Waals surface area contributed by atoms with Crippen molar-refractivity contribution in [2.45, 2.75) is 57.5 Å². The highest BCUT2D eigenvalue weighted by atomic mass is 16.5. The summed E-state index contributed by atoms with van der Waals surface area (Å²) in [6, 6.07) is 0. The van der Waals surface area contributed by atoms with E-state index < -0.39 is 6.10 Å². The molecule has 2 rings (SSSR count). The van der Waals surface area contributed by atoms with E-state index in [-0.39, 0.29) is 0 Å². The summed E-state index contributed by atoms with van der Waals surface area (Å²) in [5.41, 5.74) is 0. The summed E-state index contributed by atoms with van der Waals surface area (Å²) in [4.78, 5) is 4.34. The summed E-state index contributed by atoms with van der Waals surface area (Å²) in [6.45, 7) is 1.73. The van der Waals surface area contributed by atoms with E-state index >= 15 is 0 Å². The van der Waals surface area contributed by atoms with Gasteiger partial charge in [0.2, 0.25) is 5.89 Å². The van der Waals surface area contributed by atoms with Crippen molar-refractivity contribution in [3.05, 3.63) is 11.7 Å². The predicted octanol–water partition coefficient (Wildman–Crippen LogP) is 2.04. The first kappa shape index (κ1) is 10.6. The first-order valence-corrected chi connectivity index (χ1v) is 5.76. The molecule has 1 unspecified atom stereocenters. The van der Waals surface area contributed by atoms with E-state index in [1.807, 2.05) is 0 Å². The SMILES string of the molecule is CC(O)Cc1nc(C2CCCCC2)no1. The largest absolute Gasteiger partial charge is 0.393 e. The number of aliphatic hydroxyl groups is 1. The van der Waals surface area contributed by atoms with Crippen LogP contribution in [0.5, 0.6) is 0 Å². The minimum atomic E-state index is -0.412. The first-order valence-electron chi connectivity index (χ1n) is 5.76. The molecule has 0 aromatic carbocycles. The molecule has 84 valence electrons. The van der Waals surface area contributed by atoms with Gasteiger partial charge in [0.05, 0.1) is 12.5 Å². The van der Waals surface area contributed by atoms with Crippen LogP contribution in [-0.4, -0.2) is 21.4 Å². The summed E-state index contributed by atoms with van der Waals surface area (Å²) in [7, 11) is 0. The number of rotatable bonds is 3. The lowest BCUT2D eigenvalue weighted by molar-refractivity contribution is 0.181. The topological polar surface area (TPSA) is 59.2 Å². The van der Waals surface area contributed by atoms with Crippen molar-refractivity contribution in [1.29, 1.82) is 0 Å². The minimum absolute atomic E-state index is 0.412. The Morgan fingerprint density at radius 3 is 2.80 bits per heavy atom. The molecule has 4 heteroatoms. The molecule has 1 atom stereocenters. The zero-order valence-electron chi connectivity index (χ0n) is 9.15. The van der Waals surface area contributed by atoms with Crippen molar-refractivity contribution in [2.75, 3.05) is 0 Å². The Bertz CT molecular complexity index is 303. The van der Waals surface area contributed by atoms with Crippen LogP contribution in [0.15, 0.2) is 4.52 Å². The van der Waals surface area contributed by atoms with E-state index in [9.17, 15) is 5.11 Å². The molecule has 0 amide bonds. The molecule has 1 aromatic rings. The second-order valence-electron chi connectivity index (χ2n) is 4.43. The summed E-state index contributed by atoms with van der Waals surface area (Å²) in [5, 5.41) is 13.2. The Labute approximate surface area is 89.7 Å². The molecule has 1 fully saturated rings. The normalized spacial score (nSPS) is 20.4. The Morgan fingerprint density at radius 1 is 1.40 bits per heavy atom. The van der Waals surface area contributed by atoms with Crippen LogP contribution in [0.3, 0.4) is 0 Å². The Morgan fingerprint density at radius 2 is 2.13 bits per heavy atom. The fraction of sp³-hybridized carbons (Fsp3) is 0.818. The van der Waals surface area contributed by atoms with Crippen molar-refractivity contribution < 1.29 is 9.63 Å². The number of nitrogens with zero attached hydrogens (tertiary/aromatic N) is 2. The van der Waals surface area contributed by atoms with Gasteiger partial charge in [-0.25, -0.2) is 0 Å². The smallest absolute Gasteiger partial charge is 0.229 e. The lowest BCUT2D eigenvalue weighted by Crippen LogP contribution is -2.07. The maximum atomic E-state index is 9.20. The van der Waals surface area contributed by atoms with Gasteiger partial charge in [-0.1, -0.05) is 24.4 Å². The highest BCUT2D eigenvalue weighted by molar-refractivity contribution is 4.97. The van der Waals surface area contributed by atoms with Gasteiger partial charge in [-0.3, -0.25) is 0 Å². The van der Waals surface area contributed by atoms with Crippen molar-refractivity contribution >= 4 is 0 Å². The molecule has 1 N–H and O–H groups in total. The third-order valence-electron chi connectivity index (χ3n) is 2.92. The van der Waals surface area contributed by atoms with Crippen LogP contribution in [0.4, 0.5) is 0 Å². The van der Waals surface area contributed by atoms with Crippen LogP contribution in [0, 0.1) is 0 Å². The molecule has 0 radical (unpaired) electrons. The van der Waals surface area contributed by atoms with Crippen LogP contribution in [-0.2, 0) is 6.42 Å². The van der Waals surface area contributed by atoms with Gasteiger partial charge in [-0.15, -0.1) is 0 Å². The summed E-state index contributed by atoms with van der Waals surface area (Å²) in [5.74, 6) is 1.88. The molecule has 1 aromatic heterocycles. The highest BCUT2D eigenvalue weighted by Crippen LogP contribution is 2.30. The van der Waals surface area contributed by atoms with Crippen LogP contribution in [0.2, 0.25) is 0 Å². The molecule has 0 aliphatic heterocycles. The minimum Gasteiger partial charge on any atom is -0.393 e. The quantitative estimate of drug-likeness (QED) is 0.829. The molecule has 4 nitrogen and oxygen atoms in total. The molecule has 1 heterocycles. The van der Waals surface area contributed by atoms with Gasteiger partial charge >= 0.3 is 0 Å². The zero-order chi connectivity index (χ0) is 10.7. The second kappa shape index (κ2) is 4.75. The second-order valence-corrected chi connectivity index (χ2v) is 4.43. The van der Waals surface area contributed by atoms with E-state index in [0.717, 1.165) is 5.82 Å². The molecule has 0 bridgehead atoms. The molecule has 15 heavy (non-hydrogen) atoms. The average molecular weight is 210 g/mol. The zero-order valence-corrected chi connectivity index (χ0v) is 9.15. The third kappa shape index (κ3) is 2.78. The standard InChI is InChI=1S/C11H18N2O2/c1-8(14)7-10-12-11(13-15-10)9-5-3-2-4-6-9/h8-9,14H,2-7H2,1H3. The van der Waals surface area contributed by atoms with Crippen molar-refractivity contribution in [3.8, 4) is 0 Å². The number of hydrogen-bond donors (Lipinski definition) is 1. The molecule has 1 saturated carbocycles. The van der Waals surface area contributed by atoms with Gasteiger partial charge < -0.3 is 9.63 Å². The summed E-state index contributed by atoms with van der Waals surface area (Å²) >= 11 is 0. The molecular weight excluding hydrogens is 192 g/mol. The Hall–Kier alpha value is -0.900. The van der Waals surface area contributed by atoms with Gasteiger partial charge in [-0.2, -0.15) is 4.98 Å². The van der Waals surface area contributed by atoms with Gasteiger partial charge in [0.1, 0.15) is 0 Å². The fourth-order valence-corrected chi connectivity index (χ4v) is 2.13. The molecule has 1 aliphatic rings. The van der Waals surface area contributed by atoms with E-state index in [0.29, 0.717) is 18.2 Å². The molecule has 1 aliphatic carbocycles. The van der Waals surface area contributed by atoms with E-state index in [1.54, 1.807) is 6.92 Å². The maximum absolute atomic E-state index is 9.20. The van der Waals surface area contributed by atoms with Gasteiger partial charge in [0, 0.05) is 5.92 Å². The fourth-order valence-electron chi connectivity index (χ4n) is 2.13. The van der Waals surface area contributed by atoms with E-state index in [4.69, 9.17) is 4.52 Å². The highest BCUT2D eigenvalue weighted by Gasteiger charge is 2.21. The van der Waals surface area contributed by atoms with Gasteiger partial charge in [0.25, 0.3) is 0 Å². The van der Waals surface area contributed by atoms with Crippen LogP contribution >= 0.6 is 0 Å². The van der Waals surface area contributed by atoms with Crippen molar-refractivity contribution in [1.82, 2.24) is 10.1 Å². The van der Waals surface area contributed by atoms with Crippen molar-refractivity contribution in [2.24, 2.45) is 0 Å². The number of aliphatic hydroxyl groups excluding tert-OH is 1. The van der Waals surface area contributed by atoms with Crippen LogP contribution in [0.1, 0.15) is 56.7 Å². The summed E-state index contributed by atoms with van der Waals surface area (Å²) in [6.07, 6.45) is 6.26. The number of aromatic nitrogens is 2. The molecule has 0 spiro atoms. The van der Waals surface area contributed by atoms with E-state index in [1.165, 1.54) is 32.1 Å². The third-order valence-corrected chi connectivity index (χ3v) is 2.92. The van der Waals surface area contributed by atoms with E-state index in [2.05, 4.69) is 10.1 Å². The molecular formula is C11H18N2O2. The van der Waals surface area contributed by atoms with Crippen molar-refractivity contribution in [3.63, 3.8) is 0 Å². The average Bonchev–Trinajstić information content (AvgIpc) is 2.67. The number of hydrogen-bond acceptors (Lipinski definition) is 4. The lowest BCUT2D eigenvalue weighted by atomic mass is 9.89. The maximum Gasteiger partial charge on any atom is 0.229 e.